The van der Waals surface area contributed by atoms with Crippen molar-refractivity contribution in [3.8, 4) is 5.75 Å². The van der Waals surface area contributed by atoms with Gasteiger partial charge in [-0.15, -0.1) is 0 Å². The molecule has 0 N–H and O–H groups in total. The van der Waals surface area contributed by atoms with Crippen LogP contribution in [0.4, 0.5) is 0 Å². The zero-order chi connectivity index (χ0) is 14.5. The van der Waals surface area contributed by atoms with Gasteiger partial charge in [0.25, 0.3) is 0 Å². The van der Waals surface area contributed by atoms with Crippen LogP contribution in [0.3, 0.4) is 0 Å². The molecule has 0 radical (unpaired) electrons. The Morgan fingerprint density at radius 3 is 3.00 bits per heavy atom. The predicted octanol–water partition coefficient (Wildman–Crippen LogP) is 2.84. The monoisotopic (exact) mass is 292 g/mol. The first-order valence-electron chi connectivity index (χ1n) is 7.94. The highest BCUT2D eigenvalue weighted by molar-refractivity contribution is 5.81. The molecule has 22 heavy (non-hydrogen) atoms. The van der Waals surface area contributed by atoms with Crippen molar-refractivity contribution in [2.75, 3.05) is 13.3 Å². The van der Waals surface area contributed by atoms with Gasteiger partial charge in [-0.05, 0) is 23.3 Å². The molecule has 3 nitrogen and oxygen atoms in total. The molecule has 0 aliphatic carbocycles. The zero-order valence-electron chi connectivity index (χ0n) is 12.4. The van der Waals surface area contributed by atoms with Crippen molar-refractivity contribution in [1.82, 2.24) is 0 Å². The maximum Gasteiger partial charge on any atom is 0.189 e. The van der Waals surface area contributed by atoms with Crippen LogP contribution in [0, 0.1) is 0 Å². The van der Waals surface area contributed by atoms with Gasteiger partial charge >= 0.3 is 0 Å². The zero-order valence-corrected chi connectivity index (χ0v) is 12.4. The number of fused-ring (bicyclic) bond motifs is 6. The summed E-state index contributed by atoms with van der Waals surface area (Å²) >= 11 is 0. The van der Waals surface area contributed by atoms with E-state index in [1.54, 1.807) is 0 Å². The first-order chi connectivity index (χ1) is 10.9. The fraction of sp³-hybridized carbons (Fsp3) is 0.316. The number of nitrogens with zero attached hydrogens (tertiary/aromatic N) is 1. The minimum atomic E-state index is 0.369. The van der Waals surface area contributed by atoms with Gasteiger partial charge in [0.15, 0.2) is 19.0 Å². The van der Waals surface area contributed by atoms with E-state index in [0.717, 1.165) is 25.1 Å². The van der Waals surface area contributed by atoms with Crippen molar-refractivity contribution < 1.29 is 14.0 Å². The number of hydrogen-bond acceptors (Lipinski definition) is 2. The van der Waals surface area contributed by atoms with Crippen molar-refractivity contribution in [2.24, 2.45) is 0 Å². The average molecular weight is 292 g/mol. The fourth-order valence-corrected chi connectivity index (χ4v) is 4.02. The van der Waals surface area contributed by atoms with Crippen LogP contribution < -0.4 is 4.74 Å². The van der Waals surface area contributed by atoms with Gasteiger partial charge in [0.1, 0.15) is 12.3 Å². The molecular weight excluding hydrogens is 274 g/mol. The van der Waals surface area contributed by atoms with E-state index in [4.69, 9.17) is 9.47 Å². The second kappa shape index (κ2) is 4.68. The van der Waals surface area contributed by atoms with Crippen LogP contribution in [0.5, 0.6) is 5.75 Å². The third-order valence-electron chi connectivity index (χ3n) is 5.12. The van der Waals surface area contributed by atoms with E-state index in [-0.39, 0.29) is 0 Å². The Hall–Kier alpha value is -2.13. The quantitative estimate of drug-likeness (QED) is 0.696. The lowest BCUT2D eigenvalue weighted by atomic mass is 9.84. The van der Waals surface area contributed by atoms with Gasteiger partial charge in [0, 0.05) is 29.5 Å². The highest BCUT2D eigenvalue weighted by Crippen LogP contribution is 2.37. The Morgan fingerprint density at radius 1 is 1.05 bits per heavy atom. The predicted molar refractivity (Wildman–Crippen MR) is 83.6 cm³/mol. The summed E-state index contributed by atoms with van der Waals surface area (Å²) in [5, 5.41) is 0. The largest absolute Gasteiger partial charge is 0.467 e. The van der Waals surface area contributed by atoms with E-state index in [1.807, 2.05) is 0 Å². The van der Waals surface area contributed by atoms with Crippen molar-refractivity contribution in [2.45, 2.75) is 25.5 Å². The van der Waals surface area contributed by atoms with Gasteiger partial charge in [0.2, 0.25) is 0 Å². The van der Waals surface area contributed by atoms with E-state index in [9.17, 15) is 0 Å². The van der Waals surface area contributed by atoms with Crippen LogP contribution in [0.1, 0.15) is 33.9 Å². The lowest BCUT2D eigenvalue weighted by Crippen LogP contribution is -2.34. The normalized spacial score (nSPS) is 21.6. The molecule has 3 heterocycles. The number of rotatable bonds is 0. The molecule has 1 atom stereocenters. The van der Waals surface area contributed by atoms with E-state index in [0.29, 0.717) is 19.4 Å². The van der Waals surface area contributed by atoms with Crippen molar-refractivity contribution in [3.05, 3.63) is 64.2 Å². The van der Waals surface area contributed by atoms with E-state index in [2.05, 4.69) is 47.2 Å². The molecule has 5 rings (SSSR count). The Morgan fingerprint density at radius 2 is 2.00 bits per heavy atom. The molecule has 0 bridgehead atoms. The van der Waals surface area contributed by atoms with Gasteiger partial charge in [-0.2, -0.15) is 0 Å². The summed E-state index contributed by atoms with van der Waals surface area (Å²) in [4.78, 5) is 0. The standard InChI is InChI=1S/C19H18NO2/c1-2-4-15-13(3-1)7-8-20-10-14-5-6-19-17(11-21-12-22-19)16(14)9-18(15)20/h1-6,10,18H,7-9,11-12H2/q+1. The van der Waals surface area contributed by atoms with Gasteiger partial charge < -0.3 is 9.47 Å². The van der Waals surface area contributed by atoms with Crippen LogP contribution in [0.15, 0.2) is 36.4 Å². The molecule has 0 saturated heterocycles. The average Bonchev–Trinajstić information content (AvgIpc) is 2.60. The van der Waals surface area contributed by atoms with Crippen LogP contribution in [0.25, 0.3) is 0 Å². The van der Waals surface area contributed by atoms with Crippen molar-refractivity contribution in [1.29, 1.82) is 0 Å². The summed E-state index contributed by atoms with van der Waals surface area (Å²) in [6.45, 7) is 2.14. The molecule has 0 spiro atoms. The van der Waals surface area contributed by atoms with Crippen molar-refractivity contribution >= 4 is 6.21 Å². The van der Waals surface area contributed by atoms with E-state index < -0.39 is 0 Å². The molecule has 0 amide bonds. The maximum absolute atomic E-state index is 5.65. The van der Waals surface area contributed by atoms with Gasteiger partial charge in [-0.3, -0.25) is 0 Å². The lowest BCUT2D eigenvalue weighted by molar-refractivity contribution is -0.573. The van der Waals surface area contributed by atoms with Crippen LogP contribution in [0.2, 0.25) is 0 Å². The Labute approximate surface area is 129 Å². The molecule has 0 saturated carbocycles. The molecule has 1 unspecified atom stereocenters. The Bertz CT molecular complexity index is 794. The van der Waals surface area contributed by atoms with Crippen LogP contribution in [-0.2, 0) is 24.2 Å². The van der Waals surface area contributed by atoms with Gasteiger partial charge in [0.05, 0.1) is 6.61 Å². The van der Waals surface area contributed by atoms with Gasteiger partial charge in [-0.25, -0.2) is 4.58 Å². The first-order valence-corrected chi connectivity index (χ1v) is 7.94. The first kappa shape index (κ1) is 12.4. The van der Waals surface area contributed by atoms with Gasteiger partial charge in [-0.1, -0.05) is 24.3 Å². The molecule has 2 aromatic carbocycles. The summed E-state index contributed by atoms with van der Waals surface area (Å²) in [7, 11) is 0. The topological polar surface area (TPSA) is 21.5 Å². The summed E-state index contributed by atoms with van der Waals surface area (Å²) in [6.07, 6.45) is 4.50. The third-order valence-corrected chi connectivity index (χ3v) is 5.12. The molecule has 110 valence electrons. The number of ether oxygens (including phenoxy) is 2. The second-order valence-corrected chi connectivity index (χ2v) is 6.26. The Balaban J connectivity index is 1.66. The molecular formula is C19H18NO2+. The van der Waals surface area contributed by atoms with E-state index in [1.165, 1.54) is 27.8 Å². The molecule has 0 aromatic heterocycles. The minimum absolute atomic E-state index is 0.369. The smallest absolute Gasteiger partial charge is 0.189 e. The number of hydrogen-bond donors (Lipinski definition) is 0. The maximum atomic E-state index is 5.65. The summed E-state index contributed by atoms with van der Waals surface area (Å²) in [5.74, 6) is 0.996. The van der Waals surface area contributed by atoms with E-state index >= 15 is 0 Å². The Kier molecular flexibility index (Phi) is 2.64. The van der Waals surface area contributed by atoms with Crippen LogP contribution in [-0.4, -0.2) is 24.1 Å². The van der Waals surface area contributed by atoms with Crippen molar-refractivity contribution in [3.63, 3.8) is 0 Å². The molecule has 3 aliphatic heterocycles. The summed E-state index contributed by atoms with van der Waals surface area (Å²) < 4.78 is 13.7. The SMILES string of the molecule is C1=[N+]2CCc3ccccc3C2Cc2c1ccc1c2COCO1. The lowest BCUT2D eigenvalue weighted by Gasteiger charge is -2.30. The minimum Gasteiger partial charge on any atom is -0.467 e. The summed E-state index contributed by atoms with van der Waals surface area (Å²) in [6, 6.07) is 13.6. The molecule has 0 fully saturated rings. The molecule has 2 aromatic rings. The summed E-state index contributed by atoms with van der Waals surface area (Å²) in [5.41, 5.74) is 6.94. The molecule has 3 heteroatoms. The number of benzene rings is 2. The highest BCUT2D eigenvalue weighted by atomic mass is 16.7. The molecule has 3 aliphatic rings. The third kappa shape index (κ3) is 1.75. The fourth-order valence-electron chi connectivity index (χ4n) is 4.02. The van der Waals surface area contributed by atoms with Crippen LogP contribution >= 0.6 is 0 Å². The highest BCUT2D eigenvalue weighted by Gasteiger charge is 2.35. The second-order valence-electron chi connectivity index (χ2n) is 6.26.